The van der Waals surface area contributed by atoms with Crippen LogP contribution in [0.3, 0.4) is 0 Å². The lowest BCUT2D eigenvalue weighted by Gasteiger charge is -2.24. The van der Waals surface area contributed by atoms with Gasteiger partial charge in [0.05, 0.1) is 7.11 Å². The number of aliphatic imine (C=N–C) groups is 1. The SMILES string of the molecule is COc1ccc([C@@H]2N=C(N)NC(C)=C2C(C)=O)cc1. The van der Waals surface area contributed by atoms with Crippen molar-refractivity contribution >= 4 is 11.7 Å². The maximum atomic E-state index is 11.8. The lowest BCUT2D eigenvalue weighted by atomic mass is 9.94. The monoisotopic (exact) mass is 259 g/mol. The van der Waals surface area contributed by atoms with Crippen molar-refractivity contribution in [3.05, 3.63) is 41.1 Å². The summed E-state index contributed by atoms with van der Waals surface area (Å²) >= 11 is 0. The van der Waals surface area contributed by atoms with Gasteiger partial charge >= 0.3 is 0 Å². The molecule has 5 heteroatoms. The number of ether oxygens (including phenoxy) is 1. The molecule has 0 aromatic heterocycles. The molecule has 1 atom stereocenters. The van der Waals surface area contributed by atoms with E-state index in [2.05, 4.69) is 10.3 Å². The highest BCUT2D eigenvalue weighted by Crippen LogP contribution is 2.31. The first-order valence-corrected chi connectivity index (χ1v) is 5.99. The molecule has 100 valence electrons. The smallest absolute Gasteiger partial charge is 0.193 e. The molecular formula is C14H17N3O2. The zero-order chi connectivity index (χ0) is 14.0. The summed E-state index contributed by atoms with van der Waals surface area (Å²) in [5.41, 5.74) is 8.04. The summed E-state index contributed by atoms with van der Waals surface area (Å²) in [6, 6.07) is 7.11. The van der Waals surface area contributed by atoms with Crippen molar-refractivity contribution < 1.29 is 9.53 Å². The summed E-state index contributed by atoms with van der Waals surface area (Å²) in [4.78, 5) is 16.1. The Labute approximate surface area is 112 Å². The summed E-state index contributed by atoms with van der Waals surface area (Å²) in [5.74, 6) is 1.07. The first-order valence-electron chi connectivity index (χ1n) is 5.99. The van der Waals surface area contributed by atoms with Crippen LogP contribution in [0.1, 0.15) is 25.5 Å². The standard InChI is InChI=1S/C14H17N3O2/c1-8-12(9(2)18)13(17-14(15)16-8)10-4-6-11(19-3)7-5-10/h4-7,13H,1-3H3,(H3,15,16,17)/t13-/m0/s1. The maximum absolute atomic E-state index is 11.8. The minimum Gasteiger partial charge on any atom is -0.497 e. The zero-order valence-electron chi connectivity index (χ0n) is 11.2. The van der Waals surface area contributed by atoms with Crippen LogP contribution in [-0.4, -0.2) is 18.9 Å². The average molecular weight is 259 g/mol. The van der Waals surface area contributed by atoms with E-state index in [1.165, 1.54) is 6.92 Å². The van der Waals surface area contributed by atoms with Crippen molar-refractivity contribution in [3.8, 4) is 5.75 Å². The van der Waals surface area contributed by atoms with Crippen LogP contribution >= 0.6 is 0 Å². The van der Waals surface area contributed by atoms with Gasteiger partial charge in [-0.2, -0.15) is 0 Å². The number of nitrogens with one attached hydrogen (secondary N) is 1. The van der Waals surface area contributed by atoms with Crippen LogP contribution in [-0.2, 0) is 4.79 Å². The van der Waals surface area contributed by atoms with Gasteiger partial charge in [0, 0.05) is 11.3 Å². The van der Waals surface area contributed by atoms with Gasteiger partial charge in [0.1, 0.15) is 11.8 Å². The van der Waals surface area contributed by atoms with E-state index in [1.54, 1.807) is 7.11 Å². The number of benzene rings is 1. The number of carbonyl (C=O) groups excluding carboxylic acids is 1. The third kappa shape index (κ3) is 2.59. The van der Waals surface area contributed by atoms with Crippen LogP contribution in [0.4, 0.5) is 0 Å². The average Bonchev–Trinajstić information content (AvgIpc) is 2.37. The first kappa shape index (κ1) is 13.1. The van der Waals surface area contributed by atoms with Crippen LogP contribution in [0.5, 0.6) is 5.75 Å². The van der Waals surface area contributed by atoms with Gasteiger partial charge in [0.25, 0.3) is 0 Å². The summed E-state index contributed by atoms with van der Waals surface area (Å²) in [5, 5.41) is 2.89. The number of Topliss-reactive ketones (excluding diaryl/α,β-unsaturated/α-hetero) is 1. The third-order valence-corrected chi connectivity index (χ3v) is 3.07. The molecule has 0 amide bonds. The van der Waals surface area contributed by atoms with E-state index in [0.717, 1.165) is 17.0 Å². The van der Waals surface area contributed by atoms with Crippen molar-refractivity contribution in [1.82, 2.24) is 5.32 Å². The lowest BCUT2D eigenvalue weighted by molar-refractivity contribution is -0.113. The second-order valence-corrected chi connectivity index (χ2v) is 4.41. The number of ketones is 1. The molecule has 0 radical (unpaired) electrons. The van der Waals surface area contributed by atoms with E-state index >= 15 is 0 Å². The Kier molecular flexibility index (Phi) is 3.55. The molecule has 0 aliphatic carbocycles. The molecule has 19 heavy (non-hydrogen) atoms. The third-order valence-electron chi connectivity index (χ3n) is 3.07. The fourth-order valence-corrected chi connectivity index (χ4v) is 2.18. The van der Waals surface area contributed by atoms with Gasteiger partial charge in [-0.3, -0.25) is 4.79 Å². The summed E-state index contributed by atoms with van der Waals surface area (Å²) in [6.07, 6.45) is 0. The van der Waals surface area contributed by atoms with Crippen molar-refractivity contribution in [3.63, 3.8) is 0 Å². The maximum Gasteiger partial charge on any atom is 0.193 e. The Hall–Kier alpha value is -2.30. The van der Waals surface area contributed by atoms with Crippen molar-refractivity contribution in [2.45, 2.75) is 19.9 Å². The largest absolute Gasteiger partial charge is 0.497 e. The number of methoxy groups -OCH3 is 1. The Bertz CT molecular complexity index is 559. The summed E-state index contributed by atoms with van der Waals surface area (Å²) in [7, 11) is 1.61. The fraction of sp³-hybridized carbons (Fsp3) is 0.286. The topological polar surface area (TPSA) is 76.7 Å². The predicted octanol–water partition coefficient (Wildman–Crippen LogP) is 1.52. The number of nitrogens with two attached hydrogens (primary N) is 1. The quantitative estimate of drug-likeness (QED) is 0.862. The molecule has 1 heterocycles. The minimum atomic E-state index is -0.357. The van der Waals surface area contributed by atoms with Crippen molar-refractivity contribution in [1.29, 1.82) is 0 Å². The molecule has 0 unspecified atom stereocenters. The number of allylic oxidation sites excluding steroid dienone is 1. The van der Waals surface area contributed by atoms with Crippen molar-refractivity contribution in [2.75, 3.05) is 7.11 Å². The number of nitrogens with zero attached hydrogens (tertiary/aromatic N) is 1. The van der Waals surface area contributed by atoms with E-state index in [4.69, 9.17) is 10.5 Å². The highest BCUT2D eigenvalue weighted by Gasteiger charge is 2.26. The van der Waals surface area contributed by atoms with Crippen LogP contribution in [0, 0.1) is 0 Å². The number of hydrogen-bond acceptors (Lipinski definition) is 5. The van der Waals surface area contributed by atoms with Gasteiger partial charge in [0.2, 0.25) is 0 Å². The number of hydrogen-bond donors (Lipinski definition) is 2. The Balaban J connectivity index is 2.44. The zero-order valence-corrected chi connectivity index (χ0v) is 11.2. The molecule has 1 aromatic rings. The number of carbonyl (C=O) groups is 1. The van der Waals surface area contributed by atoms with Crippen LogP contribution in [0.15, 0.2) is 40.5 Å². The van der Waals surface area contributed by atoms with Crippen LogP contribution < -0.4 is 15.8 Å². The van der Waals surface area contributed by atoms with Crippen molar-refractivity contribution in [2.24, 2.45) is 10.7 Å². The second-order valence-electron chi connectivity index (χ2n) is 4.41. The summed E-state index contributed by atoms with van der Waals surface area (Å²) in [6.45, 7) is 3.36. The van der Waals surface area contributed by atoms with Gasteiger partial charge in [-0.15, -0.1) is 0 Å². The van der Waals surface area contributed by atoms with Gasteiger partial charge in [0.15, 0.2) is 11.7 Å². The van der Waals surface area contributed by atoms with Crippen LogP contribution in [0.2, 0.25) is 0 Å². The van der Waals surface area contributed by atoms with E-state index in [-0.39, 0.29) is 11.8 Å². The number of guanidine groups is 1. The Morgan fingerprint density at radius 2 is 2.00 bits per heavy atom. The normalized spacial score (nSPS) is 18.7. The van der Waals surface area contributed by atoms with Gasteiger partial charge in [-0.05, 0) is 31.5 Å². The number of rotatable bonds is 3. The fourth-order valence-electron chi connectivity index (χ4n) is 2.18. The second kappa shape index (κ2) is 5.14. The molecule has 2 rings (SSSR count). The molecule has 0 saturated carbocycles. The predicted molar refractivity (Wildman–Crippen MR) is 73.9 cm³/mol. The van der Waals surface area contributed by atoms with E-state index < -0.39 is 0 Å². The molecule has 5 nitrogen and oxygen atoms in total. The van der Waals surface area contributed by atoms with E-state index in [0.29, 0.717) is 11.5 Å². The van der Waals surface area contributed by atoms with Gasteiger partial charge in [-0.1, -0.05) is 12.1 Å². The van der Waals surface area contributed by atoms with Gasteiger partial charge < -0.3 is 15.8 Å². The summed E-state index contributed by atoms with van der Waals surface area (Å²) < 4.78 is 5.12. The first-order chi connectivity index (χ1) is 9.02. The minimum absolute atomic E-state index is 0.0120. The molecule has 0 spiro atoms. The molecule has 0 bridgehead atoms. The van der Waals surface area contributed by atoms with E-state index in [9.17, 15) is 4.79 Å². The Morgan fingerprint density at radius 1 is 1.37 bits per heavy atom. The molecule has 1 aliphatic rings. The molecule has 1 aliphatic heterocycles. The molecular weight excluding hydrogens is 242 g/mol. The van der Waals surface area contributed by atoms with Gasteiger partial charge in [-0.25, -0.2) is 4.99 Å². The van der Waals surface area contributed by atoms with E-state index in [1.807, 2.05) is 31.2 Å². The molecule has 3 N–H and O–H groups in total. The highest BCUT2D eigenvalue weighted by atomic mass is 16.5. The molecule has 0 fully saturated rings. The lowest BCUT2D eigenvalue weighted by Crippen LogP contribution is -2.36. The molecule has 0 saturated heterocycles. The van der Waals surface area contributed by atoms with Crippen LogP contribution in [0.25, 0.3) is 0 Å². The highest BCUT2D eigenvalue weighted by molar-refractivity contribution is 5.98. The molecule has 1 aromatic carbocycles. The Morgan fingerprint density at radius 3 is 2.53 bits per heavy atom.